The third-order valence-electron chi connectivity index (χ3n) is 2.16. The highest BCUT2D eigenvalue weighted by atomic mass is 32.2. The minimum absolute atomic E-state index is 0.270. The van der Waals surface area contributed by atoms with E-state index in [1.54, 1.807) is 16.9 Å². The summed E-state index contributed by atoms with van der Waals surface area (Å²) in [6.45, 7) is 4.10. The summed E-state index contributed by atoms with van der Waals surface area (Å²) in [6, 6.07) is 1.78. The standard InChI is InChI=1S/C11H15N5S/c1-7(2)11-14-9(12)4-10(15-11)17-8-5-13-16(3)6-8/h4-7H,1-3H3,(H2,12,14,15). The SMILES string of the molecule is CC(C)c1nc(N)cc(Sc2cnn(C)c2)n1. The molecule has 17 heavy (non-hydrogen) atoms. The van der Waals surface area contributed by atoms with Gasteiger partial charge in [-0.2, -0.15) is 5.10 Å². The van der Waals surface area contributed by atoms with Gasteiger partial charge in [0.15, 0.2) is 0 Å². The lowest BCUT2D eigenvalue weighted by atomic mass is 10.2. The van der Waals surface area contributed by atoms with Crippen molar-refractivity contribution in [1.29, 1.82) is 0 Å². The molecule has 2 rings (SSSR count). The molecule has 90 valence electrons. The summed E-state index contributed by atoms with van der Waals surface area (Å²) in [5.41, 5.74) is 5.77. The molecule has 0 bridgehead atoms. The van der Waals surface area contributed by atoms with Crippen molar-refractivity contribution in [2.75, 3.05) is 5.73 Å². The van der Waals surface area contributed by atoms with Gasteiger partial charge in [0.1, 0.15) is 16.7 Å². The van der Waals surface area contributed by atoms with E-state index in [1.807, 2.05) is 27.1 Å². The maximum atomic E-state index is 5.77. The lowest BCUT2D eigenvalue weighted by Gasteiger charge is -2.06. The summed E-state index contributed by atoms with van der Waals surface area (Å²) in [5, 5.41) is 4.97. The topological polar surface area (TPSA) is 69.6 Å². The number of aromatic nitrogens is 4. The highest BCUT2D eigenvalue weighted by Gasteiger charge is 2.08. The molecule has 2 aromatic rings. The van der Waals surface area contributed by atoms with E-state index in [0.717, 1.165) is 15.7 Å². The number of anilines is 1. The van der Waals surface area contributed by atoms with Crippen LogP contribution in [0.3, 0.4) is 0 Å². The summed E-state index contributed by atoms with van der Waals surface area (Å²) in [4.78, 5) is 9.73. The fraction of sp³-hybridized carbons (Fsp3) is 0.364. The Morgan fingerprint density at radius 3 is 2.71 bits per heavy atom. The van der Waals surface area contributed by atoms with Gasteiger partial charge in [0.2, 0.25) is 0 Å². The fourth-order valence-corrected chi connectivity index (χ4v) is 2.21. The molecule has 0 saturated carbocycles. The molecule has 0 atom stereocenters. The van der Waals surface area contributed by atoms with Crippen molar-refractivity contribution in [1.82, 2.24) is 19.7 Å². The van der Waals surface area contributed by atoms with Crippen LogP contribution in [0, 0.1) is 0 Å². The quantitative estimate of drug-likeness (QED) is 0.843. The highest BCUT2D eigenvalue weighted by Crippen LogP contribution is 2.27. The molecule has 0 aliphatic heterocycles. The second-order valence-corrected chi connectivity index (χ2v) is 5.19. The van der Waals surface area contributed by atoms with Gasteiger partial charge in [0.25, 0.3) is 0 Å². The van der Waals surface area contributed by atoms with E-state index in [0.29, 0.717) is 5.82 Å². The maximum absolute atomic E-state index is 5.77. The number of nitrogen functional groups attached to an aromatic ring is 1. The number of rotatable bonds is 3. The number of nitrogens with zero attached hydrogens (tertiary/aromatic N) is 4. The minimum Gasteiger partial charge on any atom is -0.384 e. The molecule has 0 unspecified atom stereocenters. The first kappa shape index (κ1) is 11.9. The van der Waals surface area contributed by atoms with Crippen LogP contribution in [0.25, 0.3) is 0 Å². The first-order chi connectivity index (χ1) is 8.04. The maximum Gasteiger partial charge on any atom is 0.134 e. The number of nitrogens with two attached hydrogens (primary N) is 1. The van der Waals surface area contributed by atoms with Gasteiger partial charge in [-0.3, -0.25) is 4.68 Å². The second kappa shape index (κ2) is 4.75. The normalized spacial score (nSPS) is 11.1. The molecule has 0 aliphatic carbocycles. The third-order valence-corrected chi connectivity index (χ3v) is 3.02. The fourth-order valence-electron chi connectivity index (χ4n) is 1.34. The Labute approximate surface area is 104 Å². The molecule has 0 spiro atoms. The van der Waals surface area contributed by atoms with Crippen molar-refractivity contribution in [2.24, 2.45) is 7.05 Å². The van der Waals surface area contributed by atoms with Crippen molar-refractivity contribution in [3.63, 3.8) is 0 Å². The monoisotopic (exact) mass is 249 g/mol. The summed E-state index contributed by atoms with van der Waals surface area (Å²) in [7, 11) is 1.89. The molecule has 2 N–H and O–H groups in total. The zero-order valence-electron chi connectivity index (χ0n) is 10.1. The van der Waals surface area contributed by atoms with E-state index in [9.17, 15) is 0 Å². The minimum atomic E-state index is 0.270. The molecule has 0 amide bonds. The molecule has 6 heteroatoms. The number of aryl methyl sites for hydroxylation is 1. The lowest BCUT2D eigenvalue weighted by Crippen LogP contribution is -2.02. The number of hydrogen-bond acceptors (Lipinski definition) is 5. The van der Waals surface area contributed by atoms with E-state index in [-0.39, 0.29) is 5.92 Å². The Hall–Kier alpha value is -1.56. The van der Waals surface area contributed by atoms with Crippen molar-refractivity contribution in [3.05, 3.63) is 24.3 Å². The smallest absolute Gasteiger partial charge is 0.134 e. The van der Waals surface area contributed by atoms with Crippen LogP contribution in [0.15, 0.2) is 28.4 Å². The summed E-state index contributed by atoms with van der Waals surface area (Å²) in [5.74, 6) is 1.55. The number of hydrogen-bond donors (Lipinski definition) is 1. The predicted molar refractivity (Wildman–Crippen MR) is 67.9 cm³/mol. The molecule has 0 fully saturated rings. The van der Waals surface area contributed by atoms with Crippen molar-refractivity contribution in [3.8, 4) is 0 Å². The van der Waals surface area contributed by atoms with Gasteiger partial charge < -0.3 is 5.73 Å². The van der Waals surface area contributed by atoms with Crippen molar-refractivity contribution in [2.45, 2.75) is 29.7 Å². The summed E-state index contributed by atoms with van der Waals surface area (Å²) >= 11 is 1.54. The molecule has 2 aromatic heterocycles. The van der Waals surface area contributed by atoms with Gasteiger partial charge in [0, 0.05) is 25.2 Å². The van der Waals surface area contributed by atoms with Crippen molar-refractivity contribution < 1.29 is 0 Å². The third kappa shape index (κ3) is 2.97. The zero-order chi connectivity index (χ0) is 12.4. The highest BCUT2D eigenvalue weighted by molar-refractivity contribution is 7.99. The van der Waals surface area contributed by atoms with Gasteiger partial charge in [-0.15, -0.1) is 0 Å². The first-order valence-electron chi connectivity index (χ1n) is 5.35. The van der Waals surface area contributed by atoms with Gasteiger partial charge in [-0.1, -0.05) is 25.6 Å². The van der Waals surface area contributed by atoms with Crippen LogP contribution >= 0.6 is 11.8 Å². The van der Waals surface area contributed by atoms with Crippen LogP contribution in [-0.4, -0.2) is 19.7 Å². The van der Waals surface area contributed by atoms with Crippen LogP contribution in [-0.2, 0) is 7.05 Å². The van der Waals surface area contributed by atoms with E-state index >= 15 is 0 Å². The van der Waals surface area contributed by atoms with E-state index in [4.69, 9.17) is 5.73 Å². The van der Waals surface area contributed by atoms with E-state index in [1.165, 1.54) is 11.8 Å². The van der Waals surface area contributed by atoms with Crippen LogP contribution in [0.4, 0.5) is 5.82 Å². The molecular formula is C11H15N5S. The summed E-state index contributed by atoms with van der Waals surface area (Å²) < 4.78 is 1.76. The van der Waals surface area contributed by atoms with Gasteiger partial charge in [-0.25, -0.2) is 9.97 Å². The molecule has 0 saturated heterocycles. The van der Waals surface area contributed by atoms with Crippen LogP contribution in [0.2, 0.25) is 0 Å². The van der Waals surface area contributed by atoms with Gasteiger partial charge in [-0.05, 0) is 0 Å². The Morgan fingerprint density at radius 2 is 2.12 bits per heavy atom. The molecular weight excluding hydrogens is 234 g/mol. The average molecular weight is 249 g/mol. The van der Waals surface area contributed by atoms with E-state index in [2.05, 4.69) is 15.1 Å². The van der Waals surface area contributed by atoms with Crippen LogP contribution < -0.4 is 5.73 Å². The molecule has 0 radical (unpaired) electrons. The Morgan fingerprint density at radius 1 is 1.35 bits per heavy atom. The molecule has 5 nitrogen and oxygen atoms in total. The largest absolute Gasteiger partial charge is 0.384 e. The van der Waals surface area contributed by atoms with Crippen molar-refractivity contribution >= 4 is 17.6 Å². The zero-order valence-corrected chi connectivity index (χ0v) is 10.9. The first-order valence-corrected chi connectivity index (χ1v) is 6.17. The molecule has 2 heterocycles. The average Bonchev–Trinajstić information content (AvgIpc) is 2.63. The summed E-state index contributed by atoms with van der Waals surface area (Å²) in [6.07, 6.45) is 3.75. The Bertz CT molecular complexity index is 520. The molecule has 0 aromatic carbocycles. The lowest BCUT2D eigenvalue weighted by molar-refractivity contribution is 0.756. The molecule has 0 aliphatic rings. The predicted octanol–water partition coefficient (Wildman–Crippen LogP) is 2.07. The second-order valence-electron chi connectivity index (χ2n) is 4.10. The van der Waals surface area contributed by atoms with E-state index < -0.39 is 0 Å². The van der Waals surface area contributed by atoms with Gasteiger partial charge in [0.05, 0.1) is 11.1 Å². The Kier molecular flexibility index (Phi) is 3.33. The Balaban J connectivity index is 2.26. The van der Waals surface area contributed by atoms with Crippen LogP contribution in [0.1, 0.15) is 25.6 Å². The van der Waals surface area contributed by atoms with Gasteiger partial charge >= 0.3 is 0 Å². The van der Waals surface area contributed by atoms with Crippen LogP contribution in [0.5, 0.6) is 0 Å².